The zero-order chi connectivity index (χ0) is 25.4. The van der Waals surface area contributed by atoms with Crippen LogP contribution >= 0.6 is 0 Å². The summed E-state index contributed by atoms with van der Waals surface area (Å²) in [6.45, 7) is 8.00. The Morgan fingerprint density at radius 2 is 1.69 bits per heavy atom. The van der Waals surface area contributed by atoms with Crippen LogP contribution in [-0.4, -0.2) is 9.97 Å². The Bertz CT molecular complexity index is 1520. The van der Waals surface area contributed by atoms with Gasteiger partial charge < -0.3 is 20.7 Å². The zero-order valence-electron chi connectivity index (χ0n) is 19.7. The Hall–Kier alpha value is -4.72. The number of aromatic nitrogens is 2. The predicted octanol–water partition coefficient (Wildman–Crippen LogP) is 7.03. The molecule has 0 unspecified atom stereocenters. The maximum atomic E-state index is 15.0. The van der Waals surface area contributed by atoms with Gasteiger partial charge in [0.25, 0.3) is 0 Å². The van der Waals surface area contributed by atoms with E-state index in [2.05, 4.69) is 21.9 Å². The summed E-state index contributed by atoms with van der Waals surface area (Å²) in [7, 11) is 0. The molecule has 3 heterocycles. The van der Waals surface area contributed by atoms with Gasteiger partial charge in [-0.05, 0) is 74.0 Å². The number of ether oxygens (including phenoxy) is 1. The van der Waals surface area contributed by atoms with Crippen LogP contribution in [0.3, 0.4) is 0 Å². The second kappa shape index (κ2) is 9.14. The highest BCUT2D eigenvalue weighted by Crippen LogP contribution is 2.40. The van der Waals surface area contributed by atoms with Gasteiger partial charge in [0, 0.05) is 46.7 Å². The predicted molar refractivity (Wildman–Crippen MR) is 139 cm³/mol. The lowest BCUT2D eigenvalue weighted by molar-refractivity contribution is 0.439. The molecule has 1 aliphatic rings. The van der Waals surface area contributed by atoms with E-state index in [0.29, 0.717) is 34.3 Å². The third kappa shape index (κ3) is 4.24. The van der Waals surface area contributed by atoms with Crippen LogP contribution in [0.5, 0.6) is 11.5 Å². The van der Waals surface area contributed by atoms with Crippen LogP contribution in [0.25, 0.3) is 11.8 Å². The lowest BCUT2D eigenvalue weighted by Crippen LogP contribution is -2.23. The molecule has 1 aliphatic heterocycles. The number of nitrogen functional groups attached to an aromatic ring is 1. The normalized spacial score (nSPS) is 12.7. The Kier molecular flexibility index (Phi) is 5.85. The number of rotatable bonds is 5. The van der Waals surface area contributed by atoms with Crippen molar-refractivity contribution in [2.24, 2.45) is 0 Å². The van der Waals surface area contributed by atoms with Crippen LogP contribution in [-0.2, 0) is 0 Å². The van der Waals surface area contributed by atoms with Crippen LogP contribution in [0, 0.1) is 18.6 Å². The highest BCUT2D eigenvalue weighted by atomic mass is 19.1. The molecule has 2 aromatic heterocycles. The summed E-state index contributed by atoms with van der Waals surface area (Å²) in [6, 6.07) is 14.3. The van der Waals surface area contributed by atoms with E-state index in [9.17, 15) is 8.78 Å². The second-order valence-corrected chi connectivity index (χ2v) is 8.36. The van der Waals surface area contributed by atoms with E-state index in [1.807, 2.05) is 24.0 Å². The molecule has 8 heteroatoms. The summed E-state index contributed by atoms with van der Waals surface area (Å²) in [6.07, 6.45) is 5.19. The number of halogens is 2. The van der Waals surface area contributed by atoms with Gasteiger partial charge in [0.05, 0.1) is 5.70 Å². The van der Waals surface area contributed by atoms with E-state index in [4.69, 9.17) is 10.5 Å². The van der Waals surface area contributed by atoms with E-state index in [0.717, 1.165) is 22.5 Å². The van der Waals surface area contributed by atoms with E-state index < -0.39 is 5.82 Å². The molecule has 36 heavy (non-hydrogen) atoms. The average Bonchev–Trinajstić information content (AvgIpc) is 2.84. The summed E-state index contributed by atoms with van der Waals surface area (Å²) >= 11 is 0. The minimum absolute atomic E-state index is 0.0581. The number of nitrogens with zero attached hydrogens (tertiary/aromatic N) is 3. The first-order chi connectivity index (χ1) is 17.3. The van der Waals surface area contributed by atoms with Gasteiger partial charge in [0.15, 0.2) is 11.6 Å². The third-order valence-corrected chi connectivity index (χ3v) is 5.95. The van der Waals surface area contributed by atoms with Gasteiger partial charge in [-0.3, -0.25) is 0 Å². The van der Waals surface area contributed by atoms with E-state index in [1.165, 1.54) is 30.5 Å². The lowest BCUT2D eigenvalue weighted by Gasteiger charge is -2.33. The zero-order valence-corrected chi connectivity index (χ0v) is 19.7. The number of hydrogen-bond acceptors (Lipinski definition) is 6. The quantitative estimate of drug-likeness (QED) is 0.317. The molecule has 0 bridgehead atoms. The highest BCUT2D eigenvalue weighted by molar-refractivity contribution is 5.94. The van der Waals surface area contributed by atoms with Crippen molar-refractivity contribution in [3.8, 4) is 11.5 Å². The van der Waals surface area contributed by atoms with Crippen LogP contribution in [0.1, 0.15) is 23.6 Å². The monoisotopic (exact) mass is 483 g/mol. The number of nitrogens with two attached hydrogens (primary N) is 1. The van der Waals surface area contributed by atoms with Crippen molar-refractivity contribution in [2.75, 3.05) is 16.0 Å². The molecule has 0 spiro atoms. The molecular formula is C28H23F2N5O. The minimum Gasteiger partial charge on any atom is -0.454 e. The Labute approximate surface area is 207 Å². The minimum atomic E-state index is -0.554. The number of pyridine rings is 2. The van der Waals surface area contributed by atoms with E-state index >= 15 is 0 Å². The van der Waals surface area contributed by atoms with Gasteiger partial charge in [-0.15, -0.1) is 0 Å². The van der Waals surface area contributed by atoms with Crippen molar-refractivity contribution < 1.29 is 13.5 Å². The number of nitrogens with one attached hydrogen (secondary N) is 1. The number of fused-ring (bicyclic) bond motifs is 1. The fourth-order valence-corrected chi connectivity index (χ4v) is 4.12. The molecule has 0 atom stereocenters. The number of benzene rings is 2. The van der Waals surface area contributed by atoms with Crippen molar-refractivity contribution in [1.29, 1.82) is 0 Å². The van der Waals surface area contributed by atoms with Gasteiger partial charge in [-0.2, -0.15) is 0 Å². The second-order valence-electron chi connectivity index (χ2n) is 8.36. The van der Waals surface area contributed by atoms with Crippen molar-refractivity contribution in [3.05, 3.63) is 108 Å². The first kappa shape index (κ1) is 23.0. The van der Waals surface area contributed by atoms with E-state index in [-0.39, 0.29) is 11.6 Å². The van der Waals surface area contributed by atoms with Crippen LogP contribution < -0.4 is 20.7 Å². The van der Waals surface area contributed by atoms with Crippen molar-refractivity contribution >= 4 is 34.8 Å². The Balaban J connectivity index is 1.44. The van der Waals surface area contributed by atoms with Gasteiger partial charge in [-0.1, -0.05) is 6.58 Å². The summed E-state index contributed by atoms with van der Waals surface area (Å²) in [5.74, 6) is 0.457. The smallest absolute Gasteiger partial charge is 0.167 e. The van der Waals surface area contributed by atoms with Crippen molar-refractivity contribution in [2.45, 2.75) is 13.8 Å². The molecule has 2 aromatic carbocycles. The van der Waals surface area contributed by atoms with Crippen LogP contribution in [0.4, 0.5) is 31.8 Å². The number of allylic oxidation sites excluding steroid dienone is 1. The summed E-state index contributed by atoms with van der Waals surface area (Å²) in [5, 5.41) is 3.20. The van der Waals surface area contributed by atoms with Gasteiger partial charge in [-0.25, -0.2) is 18.7 Å². The van der Waals surface area contributed by atoms with Crippen LogP contribution in [0.2, 0.25) is 0 Å². The molecule has 0 saturated heterocycles. The maximum Gasteiger partial charge on any atom is 0.167 e. The number of anilines is 4. The molecule has 3 N–H and O–H groups in total. The molecule has 0 fully saturated rings. The molecule has 4 aromatic rings. The van der Waals surface area contributed by atoms with Gasteiger partial charge in [0.1, 0.15) is 23.2 Å². The van der Waals surface area contributed by atoms with E-state index in [1.54, 1.807) is 37.4 Å². The summed E-state index contributed by atoms with van der Waals surface area (Å²) in [5.41, 5.74) is 11.0. The molecule has 0 aliphatic carbocycles. The van der Waals surface area contributed by atoms with Gasteiger partial charge in [0.2, 0.25) is 0 Å². The Morgan fingerprint density at radius 1 is 0.944 bits per heavy atom. The van der Waals surface area contributed by atoms with Crippen molar-refractivity contribution in [1.82, 2.24) is 9.97 Å². The highest BCUT2D eigenvalue weighted by Gasteiger charge is 2.24. The van der Waals surface area contributed by atoms with Crippen molar-refractivity contribution in [3.63, 3.8) is 0 Å². The third-order valence-electron chi connectivity index (χ3n) is 5.95. The molecule has 180 valence electrons. The largest absolute Gasteiger partial charge is 0.454 e. The molecule has 5 rings (SSSR count). The molecule has 0 saturated carbocycles. The van der Waals surface area contributed by atoms with Gasteiger partial charge >= 0.3 is 0 Å². The summed E-state index contributed by atoms with van der Waals surface area (Å²) in [4.78, 5) is 10.4. The first-order valence-electron chi connectivity index (χ1n) is 11.2. The fraction of sp³-hybridized carbons (Fsp3) is 0.0714. The molecule has 6 nitrogen and oxygen atoms in total. The van der Waals surface area contributed by atoms with Crippen LogP contribution in [0.15, 0.2) is 79.3 Å². The fourth-order valence-electron chi connectivity index (χ4n) is 4.12. The molecule has 0 amide bonds. The Morgan fingerprint density at radius 3 is 2.44 bits per heavy atom. The molecule has 0 radical (unpaired) electrons. The first-order valence-corrected chi connectivity index (χ1v) is 11.2. The SMILES string of the molecule is C=C1c2c(ccnc2Nc2ccc(Oc3ccnc(N)c3C)c(F)c2)C=C(C)N1c1ccc(F)cc1. The summed E-state index contributed by atoms with van der Waals surface area (Å²) < 4.78 is 34.2. The number of hydrogen-bond donors (Lipinski definition) is 2. The lowest BCUT2D eigenvalue weighted by atomic mass is 9.99. The topological polar surface area (TPSA) is 76.3 Å². The maximum absolute atomic E-state index is 15.0. The standard InChI is InChI=1S/C28H23F2N5O/c1-16-14-19-10-12-33-28(26(19)18(3)35(16)22-7-4-20(29)5-8-22)34-21-6-9-25(23(30)15-21)36-24-11-13-32-27(31)17(24)2/h4-15H,3H2,1-2H3,(H2,31,32)(H,33,34). The molecular weight excluding hydrogens is 460 g/mol. The average molecular weight is 484 g/mol.